The molecule has 3 aromatic carbocycles. The van der Waals surface area contributed by atoms with E-state index in [1.54, 1.807) is 0 Å². The van der Waals surface area contributed by atoms with E-state index < -0.39 is 0 Å². The SMILES string of the molecule is C=C(C/C=C/c1ccc2ccccc2c1)c1ccc2ccc3cccnc3c2n1. The largest absolute Gasteiger partial charge is 0.254 e. The molecule has 2 heteroatoms. The van der Waals surface area contributed by atoms with Crippen molar-refractivity contribution in [2.45, 2.75) is 6.42 Å². The quantitative estimate of drug-likeness (QED) is 0.316. The average Bonchev–Trinajstić information content (AvgIpc) is 2.78. The first-order valence-corrected chi connectivity index (χ1v) is 9.76. The second kappa shape index (κ2) is 7.33. The number of aromatic nitrogens is 2. The second-order valence-electron chi connectivity index (χ2n) is 7.23. The Bertz CT molecular complexity index is 1400. The summed E-state index contributed by atoms with van der Waals surface area (Å²) < 4.78 is 0. The highest BCUT2D eigenvalue weighted by molar-refractivity contribution is 6.03. The Labute approximate surface area is 169 Å². The third-order valence-electron chi connectivity index (χ3n) is 5.24. The van der Waals surface area contributed by atoms with Crippen LogP contribution in [0.15, 0.2) is 97.7 Å². The van der Waals surface area contributed by atoms with E-state index >= 15 is 0 Å². The van der Waals surface area contributed by atoms with Crippen LogP contribution in [0.1, 0.15) is 17.7 Å². The van der Waals surface area contributed by atoms with Gasteiger partial charge in [-0.05, 0) is 46.5 Å². The molecule has 0 amide bonds. The van der Waals surface area contributed by atoms with Crippen LogP contribution in [0.2, 0.25) is 0 Å². The third kappa shape index (κ3) is 3.41. The second-order valence-corrected chi connectivity index (χ2v) is 7.23. The van der Waals surface area contributed by atoms with Crippen LogP contribution >= 0.6 is 0 Å². The van der Waals surface area contributed by atoms with Crippen molar-refractivity contribution < 1.29 is 0 Å². The van der Waals surface area contributed by atoms with E-state index in [9.17, 15) is 0 Å². The summed E-state index contributed by atoms with van der Waals surface area (Å²) in [6.45, 7) is 4.26. The summed E-state index contributed by atoms with van der Waals surface area (Å²) >= 11 is 0. The molecule has 0 unspecified atom stereocenters. The van der Waals surface area contributed by atoms with Gasteiger partial charge in [0, 0.05) is 17.0 Å². The Balaban J connectivity index is 1.40. The molecule has 138 valence electrons. The Hall–Kier alpha value is -3.78. The summed E-state index contributed by atoms with van der Waals surface area (Å²) in [5.41, 5.74) is 4.97. The van der Waals surface area contributed by atoms with Crippen molar-refractivity contribution in [1.82, 2.24) is 9.97 Å². The van der Waals surface area contributed by atoms with Gasteiger partial charge in [-0.2, -0.15) is 0 Å². The van der Waals surface area contributed by atoms with Crippen LogP contribution in [-0.2, 0) is 0 Å². The normalized spacial score (nSPS) is 11.6. The van der Waals surface area contributed by atoms with Gasteiger partial charge in [0.15, 0.2) is 0 Å². The molecule has 5 aromatic rings. The smallest absolute Gasteiger partial charge is 0.0971 e. The molecule has 0 fully saturated rings. The van der Waals surface area contributed by atoms with Crippen LogP contribution < -0.4 is 0 Å². The highest BCUT2D eigenvalue weighted by atomic mass is 14.7. The van der Waals surface area contributed by atoms with Crippen LogP contribution in [0.3, 0.4) is 0 Å². The van der Waals surface area contributed by atoms with Crippen molar-refractivity contribution in [3.05, 3.63) is 109 Å². The van der Waals surface area contributed by atoms with Gasteiger partial charge in [0.2, 0.25) is 0 Å². The first-order chi connectivity index (χ1) is 14.3. The fourth-order valence-corrected chi connectivity index (χ4v) is 3.67. The van der Waals surface area contributed by atoms with Crippen molar-refractivity contribution >= 4 is 44.2 Å². The molecular formula is C27H20N2. The Morgan fingerprint density at radius 1 is 0.759 bits per heavy atom. The van der Waals surface area contributed by atoms with Gasteiger partial charge in [-0.15, -0.1) is 0 Å². The van der Waals surface area contributed by atoms with Crippen molar-refractivity contribution in [2.24, 2.45) is 0 Å². The summed E-state index contributed by atoms with van der Waals surface area (Å²) in [7, 11) is 0. The van der Waals surface area contributed by atoms with Crippen LogP contribution in [0.5, 0.6) is 0 Å². The van der Waals surface area contributed by atoms with E-state index in [-0.39, 0.29) is 0 Å². The lowest BCUT2D eigenvalue weighted by atomic mass is 10.0. The van der Waals surface area contributed by atoms with Gasteiger partial charge < -0.3 is 0 Å². The number of hydrogen-bond acceptors (Lipinski definition) is 2. The maximum Gasteiger partial charge on any atom is 0.0971 e. The predicted molar refractivity (Wildman–Crippen MR) is 124 cm³/mol. The maximum atomic E-state index is 4.87. The zero-order chi connectivity index (χ0) is 19.6. The maximum absolute atomic E-state index is 4.87. The predicted octanol–water partition coefficient (Wildman–Crippen LogP) is 7.05. The lowest BCUT2D eigenvalue weighted by Gasteiger charge is -2.07. The summed E-state index contributed by atoms with van der Waals surface area (Å²) in [4.78, 5) is 9.40. The molecule has 0 bridgehead atoms. The Morgan fingerprint density at radius 3 is 2.38 bits per heavy atom. The molecule has 2 nitrogen and oxygen atoms in total. The number of fused-ring (bicyclic) bond motifs is 4. The van der Waals surface area contributed by atoms with E-state index in [1.165, 1.54) is 16.3 Å². The van der Waals surface area contributed by atoms with Gasteiger partial charge in [-0.25, -0.2) is 4.98 Å². The zero-order valence-electron chi connectivity index (χ0n) is 16.0. The van der Waals surface area contributed by atoms with Crippen LogP contribution in [0.25, 0.3) is 44.2 Å². The van der Waals surface area contributed by atoms with Crippen LogP contribution in [0.4, 0.5) is 0 Å². The molecule has 0 saturated carbocycles. The lowest BCUT2D eigenvalue weighted by molar-refractivity contribution is 1.29. The topological polar surface area (TPSA) is 25.8 Å². The highest BCUT2D eigenvalue weighted by Crippen LogP contribution is 2.25. The zero-order valence-corrected chi connectivity index (χ0v) is 16.0. The molecule has 2 aromatic heterocycles. The molecule has 0 radical (unpaired) electrons. The molecule has 0 aliphatic carbocycles. The van der Waals surface area contributed by atoms with Crippen molar-refractivity contribution in [3.8, 4) is 0 Å². The minimum atomic E-state index is 0.754. The van der Waals surface area contributed by atoms with E-state index in [0.717, 1.165) is 39.5 Å². The fraction of sp³-hybridized carbons (Fsp3) is 0.0370. The number of rotatable bonds is 4. The molecule has 0 atom stereocenters. The van der Waals surface area contributed by atoms with Gasteiger partial charge in [-0.1, -0.05) is 79.4 Å². The van der Waals surface area contributed by atoms with Gasteiger partial charge in [0.1, 0.15) is 0 Å². The Kier molecular flexibility index (Phi) is 4.38. The number of nitrogens with zero attached hydrogens (tertiary/aromatic N) is 2. The molecule has 0 spiro atoms. The van der Waals surface area contributed by atoms with Crippen LogP contribution in [0, 0.1) is 0 Å². The summed E-state index contributed by atoms with van der Waals surface area (Å²) in [6, 6.07) is 27.3. The molecule has 0 N–H and O–H groups in total. The fourth-order valence-electron chi connectivity index (χ4n) is 3.67. The third-order valence-corrected chi connectivity index (χ3v) is 5.24. The minimum absolute atomic E-state index is 0.754. The average molecular weight is 372 g/mol. The molecule has 0 aliphatic rings. The Morgan fingerprint density at radius 2 is 1.48 bits per heavy atom. The molecule has 2 heterocycles. The van der Waals surface area contributed by atoms with Gasteiger partial charge >= 0.3 is 0 Å². The van der Waals surface area contributed by atoms with Gasteiger partial charge in [0.25, 0.3) is 0 Å². The van der Waals surface area contributed by atoms with Gasteiger partial charge in [-0.3, -0.25) is 4.98 Å². The standard InChI is InChI=1S/C27H20N2/c1-19(6-4-7-20-11-12-21-8-2-3-9-24(21)18-20)25-16-15-23-14-13-22-10-5-17-28-26(22)27(23)29-25/h2-5,7-18H,1,6H2/b7-4+. The van der Waals surface area contributed by atoms with E-state index in [4.69, 9.17) is 4.98 Å². The molecule has 0 saturated heterocycles. The monoisotopic (exact) mass is 372 g/mol. The molecule has 0 aliphatic heterocycles. The summed E-state index contributed by atoms with van der Waals surface area (Å²) in [5.74, 6) is 0. The number of hydrogen-bond donors (Lipinski definition) is 0. The first-order valence-electron chi connectivity index (χ1n) is 9.76. The molecule has 5 rings (SSSR count). The van der Waals surface area contributed by atoms with E-state index in [2.05, 4.69) is 90.4 Å². The van der Waals surface area contributed by atoms with Crippen LogP contribution in [-0.4, -0.2) is 9.97 Å². The molecule has 29 heavy (non-hydrogen) atoms. The molecular weight excluding hydrogens is 352 g/mol. The number of benzene rings is 3. The van der Waals surface area contributed by atoms with Crippen molar-refractivity contribution in [1.29, 1.82) is 0 Å². The van der Waals surface area contributed by atoms with E-state index in [1.807, 2.05) is 18.3 Å². The number of allylic oxidation sites excluding steroid dienone is 2. The van der Waals surface area contributed by atoms with Crippen molar-refractivity contribution in [2.75, 3.05) is 0 Å². The number of pyridine rings is 2. The van der Waals surface area contributed by atoms with Crippen molar-refractivity contribution in [3.63, 3.8) is 0 Å². The summed E-state index contributed by atoms with van der Waals surface area (Å²) in [6.07, 6.45) is 6.87. The highest BCUT2D eigenvalue weighted by Gasteiger charge is 2.06. The van der Waals surface area contributed by atoms with E-state index in [0.29, 0.717) is 0 Å². The van der Waals surface area contributed by atoms with Gasteiger partial charge in [0.05, 0.1) is 16.7 Å². The lowest BCUT2D eigenvalue weighted by Crippen LogP contribution is -1.91. The first kappa shape index (κ1) is 17.3. The minimum Gasteiger partial charge on any atom is -0.254 e. The summed E-state index contributed by atoms with van der Waals surface area (Å²) in [5, 5.41) is 4.71.